The maximum absolute atomic E-state index is 14.2. The second-order valence-corrected chi connectivity index (χ2v) is 8.53. The van der Waals surface area contributed by atoms with Crippen molar-refractivity contribution >= 4 is 10.0 Å². The Morgan fingerprint density at radius 1 is 1.19 bits per heavy atom. The minimum atomic E-state index is -3.35. The number of benzene rings is 1. The molecule has 0 amide bonds. The molecule has 3 heterocycles. The van der Waals surface area contributed by atoms with E-state index in [0.717, 1.165) is 42.9 Å². The van der Waals surface area contributed by atoms with Crippen LogP contribution in [0, 0.1) is 11.6 Å². The lowest BCUT2D eigenvalue weighted by Gasteiger charge is -2.33. The van der Waals surface area contributed by atoms with E-state index in [1.165, 1.54) is 16.7 Å². The van der Waals surface area contributed by atoms with Crippen molar-refractivity contribution in [2.75, 3.05) is 19.3 Å². The van der Waals surface area contributed by atoms with Gasteiger partial charge in [-0.1, -0.05) is 0 Å². The molecule has 0 spiro atoms. The average molecular weight is 379 g/mol. The summed E-state index contributed by atoms with van der Waals surface area (Å²) in [6.07, 6.45) is 10.0. The Morgan fingerprint density at radius 2 is 2.00 bits per heavy atom. The second kappa shape index (κ2) is 6.21. The summed E-state index contributed by atoms with van der Waals surface area (Å²) in [7, 11) is -3.35. The maximum Gasteiger partial charge on any atom is 0.228 e. The van der Waals surface area contributed by atoms with Crippen LogP contribution in [0.3, 0.4) is 0 Å². The fourth-order valence-electron chi connectivity index (χ4n) is 3.76. The molecule has 1 fully saturated rings. The number of hydrogen-bond acceptors (Lipinski definition) is 4. The first-order valence-corrected chi connectivity index (χ1v) is 10.3. The standard InChI is InChI=1S/C18H19F2N3O2S/c1-26(24,25)23-10-7-15-12-14(6-9-22(15)23)21-8-2-3-18(21)16-11-13(19)4-5-17(16)20/h4-7,9,11-12,18H,2-3,8,10H2,1H3/t18-/m1/s1. The molecule has 3 aliphatic heterocycles. The summed E-state index contributed by atoms with van der Waals surface area (Å²) in [5, 5.41) is 1.59. The number of halogens is 2. The van der Waals surface area contributed by atoms with Crippen molar-refractivity contribution in [2.45, 2.75) is 18.9 Å². The first-order chi connectivity index (χ1) is 12.3. The van der Waals surface area contributed by atoms with Gasteiger partial charge in [0.1, 0.15) is 11.6 Å². The van der Waals surface area contributed by atoms with Crippen molar-refractivity contribution < 1.29 is 17.2 Å². The number of rotatable bonds is 3. The Morgan fingerprint density at radius 3 is 2.77 bits per heavy atom. The number of hydrogen-bond donors (Lipinski definition) is 0. The molecule has 4 rings (SSSR count). The van der Waals surface area contributed by atoms with Gasteiger partial charge in [-0.3, -0.25) is 5.01 Å². The van der Waals surface area contributed by atoms with E-state index in [0.29, 0.717) is 5.56 Å². The van der Waals surface area contributed by atoms with E-state index in [-0.39, 0.29) is 12.6 Å². The molecule has 0 saturated carbocycles. The number of allylic oxidation sites excluding steroid dienone is 2. The molecule has 8 heteroatoms. The van der Waals surface area contributed by atoms with Crippen molar-refractivity contribution in [1.29, 1.82) is 0 Å². The van der Waals surface area contributed by atoms with Crippen LogP contribution in [0.4, 0.5) is 8.78 Å². The van der Waals surface area contributed by atoms with Crippen LogP contribution in [0.25, 0.3) is 0 Å². The van der Waals surface area contributed by atoms with Gasteiger partial charge < -0.3 is 4.90 Å². The lowest BCUT2D eigenvalue weighted by Crippen LogP contribution is -2.39. The molecule has 0 N–H and O–H groups in total. The van der Waals surface area contributed by atoms with Gasteiger partial charge >= 0.3 is 0 Å². The first kappa shape index (κ1) is 17.2. The molecule has 0 aliphatic carbocycles. The molecule has 138 valence electrons. The van der Waals surface area contributed by atoms with Crippen LogP contribution in [0.1, 0.15) is 24.4 Å². The molecule has 5 nitrogen and oxygen atoms in total. The Kier molecular flexibility index (Phi) is 4.11. The van der Waals surface area contributed by atoms with Crippen molar-refractivity contribution in [3.05, 3.63) is 71.2 Å². The monoisotopic (exact) mass is 379 g/mol. The molecule has 0 bridgehead atoms. The third-order valence-corrected chi connectivity index (χ3v) is 6.02. The molecule has 1 saturated heterocycles. The Bertz CT molecular complexity index is 940. The number of sulfonamides is 1. The summed E-state index contributed by atoms with van der Waals surface area (Å²) in [6.45, 7) is 1.02. The van der Waals surface area contributed by atoms with Crippen LogP contribution in [-0.2, 0) is 10.0 Å². The lowest BCUT2D eigenvalue weighted by molar-refractivity contribution is 0.206. The van der Waals surface area contributed by atoms with E-state index >= 15 is 0 Å². The van der Waals surface area contributed by atoms with E-state index in [9.17, 15) is 17.2 Å². The zero-order chi connectivity index (χ0) is 18.5. The largest absolute Gasteiger partial charge is 0.364 e. The predicted molar refractivity (Wildman–Crippen MR) is 93.7 cm³/mol. The van der Waals surface area contributed by atoms with Crippen molar-refractivity contribution in [2.24, 2.45) is 0 Å². The van der Waals surface area contributed by atoms with Gasteiger partial charge in [-0.05, 0) is 49.3 Å². The number of hydrazine groups is 1. The van der Waals surface area contributed by atoms with Crippen LogP contribution >= 0.6 is 0 Å². The fraction of sp³-hybridized carbons (Fsp3) is 0.333. The molecule has 26 heavy (non-hydrogen) atoms. The van der Waals surface area contributed by atoms with E-state index in [4.69, 9.17) is 0 Å². The van der Waals surface area contributed by atoms with E-state index in [1.807, 2.05) is 18.2 Å². The molecule has 1 atom stereocenters. The highest BCUT2D eigenvalue weighted by Crippen LogP contribution is 2.38. The highest BCUT2D eigenvalue weighted by Gasteiger charge is 2.34. The summed E-state index contributed by atoms with van der Waals surface area (Å²) in [4.78, 5) is 2.05. The highest BCUT2D eigenvalue weighted by molar-refractivity contribution is 7.88. The fourth-order valence-corrected chi connectivity index (χ4v) is 4.57. The van der Waals surface area contributed by atoms with Gasteiger partial charge in [-0.15, -0.1) is 4.41 Å². The molecule has 1 aromatic carbocycles. The molecule has 0 unspecified atom stereocenters. The Hall–Kier alpha value is -2.19. The third-order valence-electron chi connectivity index (χ3n) is 4.93. The van der Waals surface area contributed by atoms with Crippen molar-refractivity contribution in [3.63, 3.8) is 0 Å². The average Bonchev–Trinajstić information content (AvgIpc) is 3.22. The van der Waals surface area contributed by atoms with Crippen LogP contribution < -0.4 is 0 Å². The van der Waals surface area contributed by atoms with Gasteiger partial charge in [0.25, 0.3) is 0 Å². The van der Waals surface area contributed by atoms with Gasteiger partial charge in [0.2, 0.25) is 10.0 Å². The Labute approximate surface area is 151 Å². The van der Waals surface area contributed by atoms with Crippen LogP contribution in [-0.4, -0.2) is 42.1 Å². The van der Waals surface area contributed by atoms with Crippen molar-refractivity contribution in [1.82, 2.24) is 14.3 Å². The van der Waals surface area contributed by atoms with Crippen LogP contribution in [0.2, 0.25) is 0 Å². The van der Waals surface area contributed by atoms with Gasteiger partial charge in [0, 0.05) is 24.0 Å². The van der Waals surface area contributed by atoms with Crippen LogP contribution in [0.15, 0.2) is 54.0 Å². The summed E-state index contributed by atoms with van der Waals surface area (Å²) in [5.41, 5.74) is 1.99. The lowest BCUT2D eigenvalue weighted by atomic mass is 10.0. The van der Waals surface area contributed by atoms with Gasteiger partial charge in [-0.2, -0.15) is 0 Å². The molecule has 3 aliphatic rings. The summed E-state index contributed by atoms with van der Waals surface area (Å²) >= 11 is 0. The minimum absolute atomic E-state index is 0.235. The topological polar surface area (TPSA) is 43.9 Å². The van der Waals surface area contributed by atoms with E-state index in [2.05, 4.69) is 4.90 Å². The van der Waals surface area contributed by atoms with Gasteiger partial charge in [-0.25, -0.2) is 17.2 Å². The maximum atomic E-state index is 14.2. The zero-order valence-corrected chi connectivity index (χ0v) is 15.1. The number of fused-ring (bicyclic) bond motifs is 1. The van der Waals surface area contributed by atoms with Crippen LogP contribution in [0.5, 0.6) is 0 Å². The minimum Gasteiger partial charge on any atom is -0.364 e. The van der Waals surface area contributed by atoms with Gasteiger partial charge in [0.05, 0.1) is 24.5 Å². The van der Waals surface area contributed by atoms with E-state index in [1.54, 1.807) is 11.2 Å². The molecule has 1 aromatic rings. The number of likely N-dealkylation sites (tertiary alicyclic amines) is 1. The van der Waals surface area contributed by atoms with Gasteiger partial charge in [0.15, 0.2) is 0 Å². The summed E-state index contributed by atoms with van der Waals surface area (Å²) < 4.78 is 52.8. The Balaban J connectivity index is 1.62. The second-order valence-electron chi connectivity index (χ2n) is 6.64. The SMILES string of the molecule is CS(=O)(=O)N1CC=C2C=C(N3CCC[C@@H]3c3cc(F)ccc3F)C=CN21. The zero-order valence-electron chi connectivity index (χ0n) is 14.3. The molecule has 0 aromatic heterocycles. The van der Waals surface area contributed by atoms with E-state index < -0.39 is 21.7 Å². The first-order valence-electron chi connectivity index (χ1n) is 8.43. The van der Waals surface area contributed by atoms with Crippen molar-refractivity contribution in [3.8, 4) is 0 Å². The highest BCUT2D eigenvalue weighted by atomic mass is 32.2. The summed E-state index contributed by atoms with van der Waals surface area (Å²) in [6, 6.07) is 3.31. The normalized spacial score (nSPS) is 23.3. The molecular weight excluding hydrogens is 360 g/mol. The third kappa shape index (κ3) is 2.93. The predicted octanol–water partition coefficient (Wildman–Crippen LogP) is 2.89. The quantitative estimate of drug-likeness (QED) is 0.810. The molecule has 0 radical (unpaired) electrons. The smallest absolute Gasteiger partial charge is 0.228 e. The number of nitrogens with zero attached hydrogens (tertiary/aromatic N) is 3. The summed E-state index contributed by atoms with van der Waals surface area (Å²) in [5.74, 6) is -0.858. The molecular formula is C18H19F2N3O2S.